The zero-order chi connectivity index (χ0) is 34.7. The zero-order valence-corrected chi connectivity index (χ0v) is 28.5. The Balaban J connectivity index is 1.51. The van der Waals surface area contributed by atoms with Crippen molar-refractivity contribution in [2.24, 2.45) is 7.05 Å². The van der Waals surface area contributed by atoms with Crippen LogP contribution in [0.3, 0.4) is 0 Å². The lowest BCUT2D eigenvalue weighted by Gasteiger charge is -2.38. The second kappa shape index (κ2) is 12.5. The highest BCUT2D eigenvalue weighted by molar-refractivity contribution is 7.10. The van der Waals surface area contributed by atoms with E-state index >= 15 is 8.78 Å². The fraction of sp³-hybridized carbons (Fsp3) is 0.306. The molecule has 0 N–H and O–H groups in total. The van der Waals surface area contributed by atoms with Crippen LogP contribution in [-0.4, -0.2) is 68.5 Å². The fourth-order valence-corrected chi connectivity index (χ4v) is 8.07. The number of carbonyl (C=O) groups is 1. The largest absolute Gasteiger partial charge is 0.490 e. The molecule has 0 saturated carbocycles. The molecule has 5 heterocycles. The van der Waals surface area contributed by atoms with Crippen LogP contribution in [0.15, 0.2) is 60.8 Å². The van der Waals surface area contributed by atoms with E-state index in [4.69, 9.17) is 14.6 Å². The lowest BCUT2D eigenvalue weighted by atomic mass is 9.85. The Labute approximate surface area is 285 Å². The molecule has 2 aromatic carbocycles. The molecule has 0 radical (unpaired) electrons. The van der Waals surface area contributed by atoms with Crippen LogP contribution in [-0.2, 0) is 23.1 Å². The summed E-state index contributed by atoms with van der Waals surface area (Å²) in [6, 6.07) is 8.72. The van der Waals surface area contributed by atoms with Gasteiger partial charge in [-0.1, -0.05) is 12.6 Å². The van der Waals surface area contributed by atoms with Crippen molar-refractivity contribution in [1.82, 2.24) is 29.1 Å². The van der Waals surface area contributed by atoms with E-state index in [2.05, 4.69) is 11.6 Å². The quantitative estimate of drug-likeness (QED) is 0.133. The van der Waals surface area contributed by atoms with Gasteiger partial charge in [0.2, 0.25) is 5.91 Å². The van der Waals surface area contributed by atoms with E-state index in [1.165, 1.54) is 29.9 Å². The number of amides is 1. The van der Waals surface area contributed by atoms with Crippen LogP contribution in [0, 0.1) is 17.5 Å². The van der Waals surface area contributed by atoms with Crippen molar-refractivity contribution in [3.8, 4) is 5.75 Å². The van der Waals surface area contributed by atoms with Crippen LogP contribution in [0.2, 0.25) is 0 Å². The normalized spacial score (nSPS) is 19.0. The number of rotatable bonds is 8. The molecule has 0 saturated heterocycles. The first kappa shape index (κ1) is 32.7. The number of methoxy groups -OCH3 is 1. The van der Waals surface area contributed by atoms with Crippen LogP contribution < -0.4 is 4.74 Å². The summed E-state index contributed by atoms with van der Waals surface area (Å²) in [5, 5.41) is 6.44. The molecule has 0 bridgehead atoms. The van der Waals surface area contributed by atoms with Crippen molar-refractivity contribution in [2.45, 2.75) is 38.5 Å². The van der Waals surface area contributed by atoms with Gasteiger partial charge in [0, 0.05) is 54.7 Å². The van der Waals surface area contributed by atoms with Crippen molar-refractivity contribution >= 4 is 39.5 Å². The summed E-state index contributed by atoms with van der Waals surface area (Å²) in [5.74, 6) is -2.59. The molecule has 3 aromatic heterocycles. The second-order valence-corrected chi connectivity index (χ2v) is 13.3. The van der Waals surface area contributed by atoms with Crippen LogP contribution in [0.5, 0.6) is 5.75 Å². The Morgan fingerprint density at radius 3 is 2.61 bits per heavy atom. The smallest absolute Gasteiger partial charge is 0.246 e. The summed E-state index contributed by atoms with van der Waals surface area (Å²) in [7, 11) is 5.26. The Kier molecular flexibility index (Phi) is 8.35. The van der Waals surface area contributed by atoms with Crippen molar-refractivity contribution in [2.75, 3.05) is 27.4 Å². The monoisotopic (exact) mass is 688 g/mol. The van der Waals surface area contributed by atoms with Gasteiger partial charge in [0.05, 0.1) is 65.6 Å². The number of nitrogens with zero attached hydrogens (tertiary/aromatic N) is 6. The molecule has 7 rings (SSSR count). The fourth-order valence-electron chi connectivity index (χ4n) is 6.98. The minimum atomic E-state index is -0.910. The third-order valence-corrected chi connectivity index (χ3v) is 10.6. The number of aryl methyl sites for hydroxylation is 1. The van der Waals surface area contributed by atoms with Crippen molar-refractivity contribution < 1.29 is 27.4 Å². The average molecular weight is 689 g/mol. The Morgan fingerprint density at radius 1 is 1.06 bits per heavy atom. The highest BCUT2D eigenvalue weighted by Crippen LogP contribution is 2.52. The molecule has 0 aliphatic carbocycles. The summed E-state index contributed by atoms with van der Waals surface area (Å²) in [4.78, 5) is 21.7. The van der Waals surface area contributed by atoms with Crippen molar-refractivity contribution in [3.63, 3.8) is 0 Å². The molecule has 49 heavy (non-hydrogen) atoms. The van der Waals surface area contributed by atoms with E-state index in [9.17, 15) is 9.18 Å². The number of fused-ring (bicyclic) bond motifs is 3. The van der Waals surface area contributed by atoms with E-state index in [-0.39, 0.29) is 60.2 Å². The molecule has 2 aliphatic heterocycles. The van der Waals surface area contributed by atoms with E-state index in [1.54, 1.807) is 11.2 Å². The SMILES string of the molecule is C=CC(=O)N1Cc2cc(C3=C(c4c(F)cc(F)cc4OCCOC)c4c(F)csc4C(c4ccc5c(c4)ncn5C)N3C)nn2[C@@H](C)[C@@H]1C. The lowest BCUT2D eigenvalue weighted by Crippen LogP contribution is -2.46. The highest BCUT2D eigenvalue weighted by Gasteiger charge is 2.41. The molecule has 9 nitrogen and oxygen atoms in total. The first-order chi connectivity index (χ1) is 23.5. The molecule has 2 aliphatic rings. The summed E-state index contributed by atoms with van der Waals surface area (Å²) >= 11 is 1.22. The van der Waals surface area contributed by atoms with Gasteiger partial charge in [-0.15, -0.1) is 11.3 Å². The number of thiophene rings is 1. The van der Waals surface area contributed by atoms with Crippen LogP contribution in [0.1, 0.15) is 58.9 Å². The van der Waals surface area contributed by atoms with Gasteiger partial charge in [0.1, 0.15) is 35.5 Å². The maximum atomic E-state index is 16.3. The molecule has 5 aromatic rings. The molecule has 0 spiro atoms. The first-order valence-corrected chi connectivity index (χ1v) is 16.7. The number of halogens is 3. The van der Waals surface area contributed by atoms with Crippen LogP contribution >= 0.6 is 11.3 Å². The standard InChI is InChI=1S/C36H35F3N6O3S/c1-7-30(46)44-16-23-15-27(41-45(23)20(3)19(44)2)35-33(31-24(38)13-22(37)14-29(31)48-11-10-47-6)32-25(39)17-49-36(32)34(43(35)5)21-8-9-28-26(12-21)40-18-42(28)4/h7-9,12-15,17-20,34H,1,10-11,16H2,2-6H3/t19-,20-,34?/m0/s1. The summed E-state index contributed by atoms with van der Waals surface area (Å²) < 4.78 is 62.1. The summed E-state index contributed by atoms with van der Waals surface area (Å²) in [6.45, 7) is 8.03. The van der Waals surface area contributed by atoms with E-state index in [1.807, 2.05) is 66.4 Å². The molecule has 0 fully saturated rings. The third-order valence-electron chi connectivity index (χ3n) is 9.55. The van der Waals surface area contributed by atoms with Gasteiger partial charge in [-0.3, -0.25) is 9.48 Å². The van der Waals surface area contributed by atoms with Gasteiger partial charge in [-0.25, -0.2) is 18.2 Å². The Morgan fingerprint density at radius 2 is 1.86 bits per heavy atom. The number of hydrogen-bond acceptors (Lipinski definition) is 7. The van der Waals surface area contributed by atoms with Gasteiger partial charge in [-0.2, -0.15) is 5.10 Å². The third kappa shape index (κ3) is 5.32. The van der Waals surface area contributed by atoms with E-state index < -0.39 is 23.5 Å². The first-order valence-electron chi connectivity index (χ1n) is 15.8. The Hall–Kier alpha value is -4.88. The summed E-state index contributed by atoms with van der Waals surface area (Å²) in [5.41, 5.74) is 4.43. The summed E-state index contributed by atoms with van der Waals surface area (Å²) in [6.07, 6.45) is 3.03. The molecule has 1 amide bonds. The van der Waals surface area contributed by atoms with Gasteiger partial charge < -0.3 is 23.8 Å². The molecule has 13 heteroatoms. The number of aromatic nitrogens is 4. The zero-order valence-electron chi connectivity index (χ0n) is 27.7. The van der Waals surface area contributed by atoms with Crippen molar-refractivity contribution in [3.05, 3.63) is 111 Å². The second-order valence-electron chi connectivity index (χ2n) is 12.4. The van der Waals surface area contributed by atoms with E-state index in [0.717, 1.165) is 34.4 Å². The topological polar surface area (TPSA) is 77.7 Å². The van der Waals surface area contributed by atoms with Crippen LogP contribution in [0.25, 0.3) is 22.3 Å². The molecule has 254 valence electrons. The predicted octanol–water partition coefficient (Wildman–Crippen LogP) is 6.70. The molecular weight excluding hydrogens is 653 g/mol. The van der Waals surface area contributed by atoms with Crippen molar-refractivity contribution in [1.29, 1.82) is 0 Å². The highest BCUT2D eigenvalue weighted by atomic mass is 32.1. The lowest BCUT2D eigenvalue weighted by molar-refractivity contribution is -0.130. The minimum Gasteiger partial charge on any atom is -0.490 e. The van der Waals surface area contributed by atoms with Gasteiger partial charge in [-0.05, 0) is 43.7 Å². The van der Waals surface area contributed by atoms with Crippen LogP contribution in [0.4, 0.5) is 13.2 Å². The molecule has 3 atom stereocenters. The molecule has 1 unspecified atom stereocenters. The average Bonchev–Trinajstić information content (AvgIpc) is 3.78. The maximum Gasteiger partial charge on any atom is 0.246 e. The molecular formula is C36H35F3N6O3S. The number of carbonyl (C=O) groups excluding carboxylic acids is 1. The number of benzene rings is 2. The number of ether oxygens (including phenoxy) is 2. The Bertz CT molecular complexity index is 2150. The van der Waals surface area contributed by atoms with Gasteiger partial charge in [0.25, 0.3) is 0 Å². The van der Waals surface area contributed by atoms with Gasteiger partial charge >= 0.3 is 0 Å². The van der Waals surface area contributed by atoms with Gasteiger partial charge in [0.15, 0.2) is 0 Å². The van der Waals surface area contributed by atoms with E-state index in [0.29, 0.717) is 16.3 Å². The number of imidazole rings is 1. The number of hydrogen-bond donors (Lipinski definition) is 0. The predicted molar refractivity (Wildman–Crippen MR) is 181 cm³/mol. The maximum absolute atomic E-state index is 16.3. The minimum absolute atomic E-state index is 0.0118.